The van der Waals surface area contributed by atoms with Crippen molar-refractivity contribution in [2.45, 2.75) is 13.8 Å². The molecule has 0 bridgehead atoms. The fourth-order valence-corrected chi connectivity index (χ4v) is 2.16. The second-order valence-electron chi connectivity index (χ2n) is 4.13. The summed E-state index contributed by atoms with van der Waals surface area (Å²) in [6.45, 7) is 3.53. The number of carboxylic acids is 1. The Balaban J connectivity index is 2.47. The van der Waals surface area contributed by atoms with E-state index < -0.39 is 5.97 Å². The zero-order chi connectivity index (χ0) is 14.0. The largest absolute Gasteiger partial charge is 0.477 e. The van der Waals surface area contributed by atoms with Crippen LogP contribution in [0.15, 0.2) is 34.8 Å². The highest BCUT2D eigenvalue weighted by Gasteiger charge is 2.17. The molecule has 98 valence electrons. The number of ether oxygens (including phenoxy) is 1. The molecule has 0 aliphatic rings. The molecule has 19 heavy (non-hydrogen) atoms. The first-order chi connectivity index (χ1) is 8.97. The van der Waals surface area contributed by atoms with Crippen LogP contribution in [0.2, 0.25) is 0 Å². The maximum atomic E-state index is 11.3. The van der Waals surface area contributed by atoms with Gasteiger partial charge in [-0.15, -0.1) is 0 Å². The van der Waals surface area contributed by atoms with E-state index in [-0.39, 0.29) is 11.4 Å². The van der Waals surface area contributed by atoms with Gasteiger partial charge in [-0.25, -0.2) is 9.78 Å². The smallest absolute Gasteiger partial charge is 0.341 e. The summed E-state index contributed by atoms with van der Waals surface area (Å²) in [6, 6.07) is 8.89. The van der Waals surface area contributed by atoms with Crippen molar-refractivity contribution in [2.75, 3.05) is 0 Å². The number of halogens is 1. The molecule has 2 aromatic rings. The van der Waals surface area contributed by atoms with E-state index in [0.29, 0.717) is 17.0 Å². The summed E-state index contributed by atoms with van der Waals surface area (Å²) in [5.74, 6) is -0.396. The fraction of sp³-hybridized carbons (Fsp3) is 0.143. The molecule has 1 heterocycles. The van der Waals surface area contributed by atoms with Crippen LogP contribution in [0.5, 0.6) is 11.6 Å². The van der Waals surface area contributed by atoms with Crippen LogP contribution in [0.4, 0.5) is 0 Å². The van der Waals surface area contributed by atoms with E-state index in [9.17, 15) is 9.90 Å². The number of hydrogen-bond acceptors (Lipinski definition) is 3. The van der Waals surface area contributed by atoms with Crippen LogP contribution in [0.25, 0.3) is 0 Å². The van der Waals surface area contributed by atoms with Crippen molar-refractivity contribution in [2.24, 2.45) is 0 Å². The first-order valence-electron chi connectivity index (χ1n) is 5.62. The SMILES string of the molecule is Cc1cc(C)c(C(=O)O)c(Oc2cccc(Br)c2)n1. The lowest BCUT2D eigenvalue weighted by Crippen LogP contribution is -2.06. The lowest BCUT2D eigenvalue weighted by Gasteiger charge is -2.11. The van der Waals surface area contributed by atoms with Crippen molar-refractivity contribution < 1.29 is 14.6 Å². The molecule has 1 N–H and O–H groups in total. The number of benzene rings is 1. The van der Waals surface area contributed by atoms with Crippen LogP contribution < -0.4 is 4.74 Å². The summed E-state index contributed by atoms with van der Waals surface area (Å²) in [6.07, 6.45) is 0. The van der Waals surface area contributed by atoms with Gasteiger partial charge in [0.05, 0.1) is 0 Å². The van der Waals surface area contributed by atoms with Gasteiger partial charge in [0.15, 0.2) is 0 Å². The molecule has 0 radical (unpaired) electrons. The number of pyridine rings is 1. The number of aromatic nitrogens is 1. The predicted octanol–water partition coefficient (Wildman–Crippen LogP) is 3.95. The minimum atomic E-state index is -1.05. The number of rotatable bonds is 3. The molecule has 1 aromatic heterocycles. The molecule has 1 aromatic carbocycles. The molecule has 4 nitrogen and oxygen atoms in total. The molecule has 0 unspecified atom stereocenters. The van der Waals surface area contributed by atoms with Gasteiger partial charge in [-0.1, -0.05) is 22.0 Å². The molecular weight excluding hydrogens is 310 g/mol. The van der Waals surface area contributed by atoms with E-state index in [4.69, 9.17) is 4.74 Å². The van der Waals surface area contributed by atoms with Crippen LogP contribution in [-0.2, 0) is 0 Å². The van der Waals surface area contributed by atoms with E-state index in [1.807, 2.05) is 12.1 Å². The number of aromatic carboxylic acids is 1. The van der Waals surface area contributed by atoms with Crippen LogP contribution in [0.3, 0.4) is 0 Å². The Labute approximate surface area is 119 Å². The van der Waals surface area contributed by atoms with Crippen molar-refractivity contribution in [1.29, 1.82) is 0 Å². The van der Waals surface area contributed by atoms with Crippen LogP contribution in [0.1, 0.15) is 21.6 Å². The van der Waals surface area contributed by atoms with Crippen molar-refractivity contribution in [3.05, 3.63) is 51.6 Å². The van der Waals surface area contributed by atoms with E-state index >= 15 is 0 Å². The van der Waals surface area contributed by atoms with E-state index in [0.717, 1.165) is 4.47 Å². The quantitative estimate of drug-likeness (QED) is 0.929. The van der Waals surface area contributed by atoms with Crippen molar-refractivity contribution in [3.8, 4) is 11.6 Å². The molecule has 0 aliphatic heterocycles. The molecule has 0 spiro atoms. The van der Waals surface area contributed by atoms with Crippen molar-refractivity contribution >= 4 is 21.9 Å². The second kappa shape index (κ2) is 5.40. The molecule has 0 amide bonds. The zero-order valence-electron chi connectivity index (χ0n) is 10.5. The van der Waals surface area contributed by atoms with E-state index in [2.05, 4.69) is 20.9 Å². The number of carboxylic acid groups (broad SMARTS) is 1. The molecule has 0 fully saturated rings. The molecule has 0 atom stereocenters. The monoisotopic (exact) mass is 321 g/mol. The third-order valence-electron chi connectivity index (χ3n) is 2.54. The number of nitrogens with zero attached hydrogens (tertiary/aromatic N) is 1. The number of aryl methyl sites for hydroxylation is 2. The summed E-state index contributed by atoms with van der Waals surface area (Å²) in [7, 11) is 0. The van der Waals surface area contributed by atoms with Crippen LogP contribution in [-0.4, -0.2) is 16.1 Å². The normalized spacial score (nSPS) is 10.3. The standard InChI is InChI=1S/C14H12BrNO3/c1-8-6-9(2)16-13(12(8)14(17)18)19-11-5-3-4-10(15)7-11/h3-7H,1-2H3,(H,17,18). The Morgan fingerprint density at radius 3 is 2.68 bits per heavy atom. The first kappa shape index (κ1) is 13.5. The maximum Gasteiger partial charge on any atom is 0.341 e. The van der Waals surface area contributed by atoms with Gasteiger partial charge in [0.1, 0.15) is 11.3 Å². The predicted molar refractivity (Wildman–Crippen MR) is 74.9 cm³/mol. The zero-order valence-corrected chi connectivity index (χ0v) is 12.1. The Bertz CT molecular complexity index is 641. The summed E-state index contributed by atoms with van der Waals surface area (Å²) >= 11 is 3.34. The molecule has 0 saturated heterocycles. The van der Waals surface area contributed by atoms with Gasteiger partial charge in [0.25, 0.3) is 0 Å². The van der Waals surface area contributed by atoms with Crippen LogP contribution >= 0.6 is 15.9 Å². The number of hydrogen-bond donors (Lipinski definition) is 1. The van der Waals surface area contributed by atoms with Gasteiger partial charge in [0, 0.05) is 10.2 Å². The molecule has 0 saturated carbocycles. The third-order valence-corrected chi connectivity index (χ3v) is 3.03. The lowest BCUT2D eigenvalue weighted by atomic mass is 10.1. The molecule has 0 aliphatic carbocycles. The average molecular weight is 322 g/mol. The Morgan fingerprint density at radius 1 is 1.32 bits per heavy atom. The summed E-state index contributed by atoms with van der Waals surface area (Å²) in [5, 5.41) is 9.24. The highest BCUT2D eigenvalue weighted by Crippen LogP contribution is 2.28. The summed E-state index contributed by atoms with van der Waals surface area (Å²) in [4.78, 5) is 15.4. The molecule has 5 heteroatoms. The Kier molecular flexibility index (Phi) is 3.85. The molecular formula is C14H12BrNO3. The Morgan fingerprint density at radius 2 is 2.05 bits per heavy atom. The van der Waals surface area contributed by atoms with Crippen LogP contribution in [0, 0.1) is 13.8 Å². The second-order valence-corrected chi connectivity index (χ2v) is 5.04. The topological polar surface area (TPSA) is 59.4 Å². The van der Waals surface area contributed by atoms with Gasteiger partial charge >= 0.3 is 5.97 Å². The van der Waals surface area contributed by atoms with Gasteiger partial charge in [-0.2, -0.15) is 0 Å². The van der Waals surface area contributed by atoms with Crippen molar-refractivity contribution in [1.82, 2.24) is 4.98 Å². The van der Waals surface area contributed by atoms with Gasteiger partial charge in [0.2, 0.25) is 5.88 Å². The van der Waals surface area contributed by atoms with Gasteiger partial charge < -0.3 is 9.84 Å². The van der Waals surface area contributed by atoms with Crippen molar-refractivity contribution in [3.63, 3.8) is 0 Å². The number of carbonyl (C=O) groups is 1. The van der Waals surface area contributed by atoms with E-state index in [1.165, 1.54) is 0 Å². The third kappa shape index (κ3) is 3.12. The fourth-order valence-electron chi connectivity index (χ4n) is 1.78. The summed E-state index contributed by atoms with van der Waals surface area (Å²) in [5.41, 5.74) is 1.43. The maximum absolute atomic E-state index is 11.3. The average Bonchev–Trinajstić information content (AvgIpc) is 2.26. The minimum absolute atomic E-state index is 0.0885. The van der Waals surface area contributed by atoms with Gasteiger partial charge in [-0.05, 0) is 43.7 Å². The molecule has 2 rings (SSSR count). The first-order valence-corrected chi connectivity index (χ1v) is 6.41. The van der Waals surface area contributed by atoms with E-state index in [1.54, 1.807) is 32.0 Å². The Hall–Kier alpha value is -1.88. The highest BCUT2D eigenvalue weighted by atomic mass is 79.9. The summed E-state index contributed by atoms with van der Waals surface area (Å²) < 4.78 is 6.44. The lowest BCUT2D eigenvalue weighted by molar-refractivity contribution is 0.0692. The van der Waals surface area contributed by atoms with Gasteiger partial charge in [-0.3, -0.25) is 0 Å². The highest BCUT2D eigenvalue weighted by molar-refractivity contribution is 9.10. The minimum Gasteiger partial charge on any atom is -0.477 e.